The van der Waals surface area contributed by atoms with E-state index in [2.05, 4.69) is 13.8 Å². The van der Waals surface area contributed by atoms with E-state index in [-0.39, 0.29) is 54.2 Å². The second kappa shape index (κ2) is 14.2. The Hall–Kier alpha value is -1.94. The number of benzene rings is 2. The first-order valence-electron chi connectivity index (χ1n) is 13.8. The van der Waals surface area contributed by atoms with Gasteiger partial charge in [-0.15, -0.1) is 0 Å². The third kappa shape index (κ3) is 7.88. The van der Waals surface area contributed by atoms with Crippen molar-refractivity contribution in [3.05, 3.63) is 53.4 Å². The third-order valence-corrected chi connectivity index (χ3v) is 10.4. The van der Waals surface area contributed by atoms with Crippen LogP contribution in [0.1, 0.15) is 85.9 Å². The summed E-state index contributed by atoms with van der Waals surface area (Å²) in [6, 6.07) is 2.25. The molecule has 2 aromatic rings. The molecule has 0 bridgehead atoms. The average Bonchev–Trinajstić information content (AvgIpc) is 2.92. The topological polar surface area (TPSA) is 105 Å². The highest BCUT2D eigenvalue weighted by atomic mass is 35.5. The summed E-state index contributed by atoms with van der Waals surface area (Å²) in [5.41, 5.74) is -0.774. The molecule has 2 saturated carbocycles. The van der Waals surface area contributed by atoms with Crippen LogP contribution in [0.3, 0.4) is 0 Å². The van der Waals surface area contributed by atoms with Gasteiger partial charge in [0, 0.05) is 0 Å². The molecule has 0 amide bonds. The van der Waals surface area contributed by atoms with Crippen LogP contribution in [0.4, 0.5) is 0 Å². The van der Waals surface area contributed by atoms with Crippen LogP contribution in [0.2, 0.25) is 30.1 Å². The number of hydrogen-bond acceptors (Lipinski definition) is 8. The minimum Gasteiger partial charge on any atom is -0.462 e. The van der Waals surface area contributed by atoms with E-state index in [9.17, 15) is 19.2 Å². The van der Waals surface area contributed by atoms with Gasteiger partial charge in [-0.2, -0.15) is 0 Å². The zero-order chi connectivity index (χ0) is 32.4. The molecule has 44 heavy (non-hydrogen) atoms. The van der Waals surface area contributed by atoms with Crippen LogP contribution in [-0.2, 0) is 19.1 Å². The van der Waals surface area contributed by atoms with Crippen LogP contribution >= 0.6 is 69.6 Å². The zero-order valence-electron chi connectivity index (χ0n) is 23.8. The lowest BCUT2D eigenvalue weighted by atomic mass is 9.68. The number of ether oxygens (including phenoxy) is 4. The normalized spacial score (nSPS) is 16.3. The lowest BCUT2D eigenvalue weighted by Crippen LogP contribution is -2.29. The van der Waals surface area contributed by atoms with Crippen molar-refractivity contribution < 1.29 is 38.1 Å². The van der Waals surface area contributed by atoms with Gasteiger partial charge in [-0.05, 0) is 61.5 Å². The molecule has 0 aliphatic heterocycles. The molecular formula is C30H28Cl6O8. The molecule has 0 aromatic heterocycles. The predicted molar refractivity (Wildman–Crippen MR) is 168 cm³/mol. The number of carbonyl (C=O) groups is 4. The van der Waals surface area contributed by atoms with E-state index in [1.165, 1.54) is 0 Å². The van der Waals surface area contributed by atoms with E-state index in [0.29, 0.717) is 12.8 Å². The third-order valence-electron chi connectivity index (χ3n) is 8.22. The number of esters is 4. The Labute approximate surface area is 284 Å². The molecule has 0 saturated heterocycles. The van der Waals surface area contributed by atoms with Crippen LogP contribution in [0, 0.1) is 10.8 Å². The molecule has 2 fully saturated rings. The summed E-state index contributed by atoms with van der Waals surface area (Å²) < 4.78 is 21.1. The maximum atomic E-state index is 13.0. The Kier molecular flexibility index (Phi) is 11.3. The SMILES string of the molecule is CC1(CCOC(=O)c2c(Cl)c(Cl)cc(Cl)c2OC(=O)C(=O)Oc2c(Cl)cc(Cl)c(Cl)c2C(=O)OCCC2(C)CCC2)CCC1. The molecule has 4 rings (SSSR count). The van der Waals surface area contributed by atoms with Crippen LogP contribution in [0.5, 0.6) is 11.5 Å². The molecule has 2 aliphatic carbocycles. The van der Waals surface area contributed by atoms with E-state index in [4.69, 9.17) is 88.6 Å². The van der Waals surface area contributed by atoms with Crippen molar-refractivity contribution >= 4 is 93.5 Å². The van der Waals surface area contributed by atoms with Crippen molar-refractivity contribution in [1.82, 2.24) is 0 Å². The highest BCUT2D eigenvalue weighted by Gasteiger charge is 2.35. The first kappa shape index (κ1) is 34.9. The molecule has 0 N–H and O–H groups in total. The van der Waals surface area contributed by atoms with E-state index in [1.54, 1.807) is 0 Å². The summed E-state index contributed by atoms with van der Waals surface area (Å²) in [4.78, 5) is 51.8. The number of carbonyl (C=O) groups excluding carboxylic acids is 4. The van der Waals surface area contributed by atoms with Crippen molar-refractivity contribution in [3.8, 4) is 11.5 Å². The van der Waals surface area contributed by atoms with Gasteiger partial charge in [-0.1, -0.05) is 96.3 Å². The molecule has 0 spiro atoms. The predicted octanol–water partition coefficient (Wildman–Crippen LogP) is 9.59. The molecule has 0 unspecified atom stereocenters. The van der Waals surface area contributed by atoms with Gasteiger partial charge < -0.3 is 18.9 Å². The molecular weight excluding hydrogens is 701 g/mol. The molecule has 2 aliphatic rings. The molecule has 0 radical (unpaired) electrons. The Morgan fingerprint density at radius 1 is 0.614 bits per heavy atom. The zero-order valence-corrected chi connectivity index (χ0v) is 28.3. The molecule has 0 atom stereocenters. The van der Waals surface area contributed by atoms with Crippen molar-refractivity contribution in [1.29, 1.82) is 0 Å². The van der Waals surface area contributed by atoms with E-state index in [1.807, 2.05) is 0 Å². The van der Waals surface area contributed by atoms with E-state index >= 15 is 0 Å². The number of halogens is 6. The van der Waals surface area contributed by atoms with Crippen LogP contribution in [0.15, 0.2) is 12.1 Å². The fourth-order valence-electron chi connectivity index (χ4n) is 4.98. The van der Waals surface area contributed by atoms with Gasteiger partial charge >= 0.3 is 23.9 Å². The summed E-state index contributed by atoms with van der Waals surface area (Å²) in [7, 11) is 0. The fourth-order valence-corrected chi connectivity index (χ4v) is 6.41. The molecule has 14 heteroatoms. The van der Waals surface area contributed by atoms with Crippen LogP contribution in [0.25, 0.3) is 0 Å². The highest BCUT2D eigenvalue weighted by Crippen LogP contribution is 2.45. The minimum absolute atomic E-state index is 0.0686. The maximum Gasteiger partial charge on any atom is 0.423 e. The Morgan fingerprint density at radius 3 is 1.25 bits per heavy atom. The molecule has 8 nitrogen and oxygen atoms in total. The summed E-state index contributed by atoms with van der Waals surface area (Å²) in [5.74, 6) is -6.36. The van der Waals surface area contributed by atoms with Crippen LogP contribution in [-0.4, -0.2) is 37.1 Å². The monoisotopic (exact) mass is 726 g/mol. The summed E-state index contributed by atoms with van der Waals surface area (Å²) in [6.45, 7) is 4.32. The fraction of sp³-hybridized carbons (Fsp3) is 0.467. The second-order valence-electron chi connectivity index (χ2n) is 11.6. The summed E-state index contributed by atoms with van der Waals surface area (Å²) >= 11 is 37.2. The molecule has 0 heterocycles. The van der Waals surface area contributed by atoms with Gasteiger partial charge in [0.05, 0.1) is 43.3 Å². The molecule has 238 valence electrons. The smallest absolute Gasteiger partial charge is 0.423 e. The van der Waals surface area contributed by atoms with Crippen LogP contribution < -0.4 is 9.47 Å². The first-order valence-corrected chi connectivity index (χ1v) is 16.0. The van der Waals surface area contributed by atoms with Crippen molar-refractivity contribution in [2.75, 3.05) is 13.2 Å². The van der Waals surface area contributed by atoms with Gasteiger partial charge in [-0.25, -0.2) is 19.2 Å². The number of rotatable bonds is 10. The summed E-state index contributed by atoms with van der Waals surface area (Å²) in [5, 5.41) is -1.46. The lowest BCUT2D eigenvalue weighted by Gasteiger charge is -2.38. The van der Waals surface area contributed by atoms with Gasteiger partial charge in [0.15, 0.2) is 11.5 Å². The highest BCUT2D eigenvalue weighted by molar-refractivity contribution is 6.47. The Bertz CT molecular complexity index is 1390. The van der Waals surface area contributed by atoms with Crippen molar-refractivity contribution in [2.45, 2.75) is 65.2 Å². The van der Waals surface area contributed by atoms with Gasteiger partial charge in [0.1, 0.15) is 11.1 Å². The first-order chi connectivity index (χ1) is 20.6. The number of hydrogen-bond donors (Lipinski definition) is 0. The van der Waals surface area contributed by atoms with E-state index in [0.717, 1.165) is 50.7 Å². The van der Waals surface area contributed by atoms with E-state index < -0.39 is 46.5 Å². The summed E-state index contributed by atoms with van der Waals surface area (Å²) in [6.07, 6.45) is 7.49. The minimum atomic E-state index is -1.64. The Balaban J connectivity index is 1.51. The average molecular weight is 729 g/mol. The standard InChI is InChI=1S/C30H28Cl6O8/c1-29(5-3-6-29)9-11-41-25(37)19-21(35)15(31)13-17(33)23(19)43-27(39)28(40)44-24-18(34)14-16(32)22(36)20(24)26(38)42-12-10-30(2)7-4-8-30/h13-14H,3-12H2,1-2H3. The van der Waals surface area contributed by atoms with Crippen molar-refractivity contribution in [2.24, 2.45) is 10.8 Å². The largest absolute Gasteiger partial charge is 0.462 e. The lowest BCUT2D eigenvalue weighted by molar-refractivity contribution is -0.156. The quantitative estimate of drug-likeness (QED) is 0.103. The Morgan fingerprint density at radius 2 is 0.955 bits per heavy atom. The van der Waals surface area contributed by atoms with Crippen molar-refractivity contribution in [3.63, 3.8) is 0 Å². The van der Waals surface area contributed by atoms with Gasteiger partial charge in [0.2, 0.25) is 0 Å². The maximum absolute atomic E-state index is 13.0. The molecule has 2 aromatic carbocycles. The van der Waals surface area contributed by atoms with Gasteiger partial charge in [0.25, 0.3) is 0 Å². The second-order valence-corrected chi connectivity index (χ2v) is 14.0. The van der Waals surface area contributed by atoms with Gasteiger partial charge in [-0.3, -0.25) is 0 Å².